The molecule has 3 N–H and O–H groups in total. The van der Waals surface area contributed by atoms with Crippen molar-refractivity contribution in [1.82, 2.24) is 5.32 Å². The molecule has 3 nitrogen and oxygen atoms in total. The van der Waals surface area contributed by atoms with E-state index in [4.69, 9.17) is 5.73 Å². The van der Waals surface area contributed by atoms with Crippen LogP contribution in [0.15, 0.2) is 24.3 Å². The summed E-state index contributed by atoms with van der Waals surface area (Å²) in [6.07, 6.45) is 0.781. The standard InChI is InChI=1S/C14H22N2O/c1-4-12(9-15)14(17)16-11(3)13-7-5-10(2)6-8-13/h5-8,11-12H,4,9,15H2,1-3H3,(H,16,17). The maximum atomic E-state index is 11.9. The van der Waals surface area contributed by atoms with Crippen LogP contribution in [-0.4, -0.2) is 12.5 Å². The summed E-state index contributed by atoms with van der Waals surface area (Å²) < 4.78 is 0. The molecule has 0 spiro atoms. The van der Waals surface area contributed by atoms with E-state index in [1.165, 1.54) is 5.56 Å². The number of carbonyl (C=O) groups is 1. The highest BCUT2D eigenvalue weighted by molar-refractivity contribution is 5.79. The zero-order chi connectivity index (χ0) is 12.8. The van der Waals surface area contributed by atoms with Gasteiger partial charge in [0.05, 0.1) is 6.04 Å². The second kappa shape index (κ2) is 6.40. The number of hydrogen-bond acceptors (Lipinski definition) is 2. The number of rotatable bonds is 5. The summed E-state index contributed by atoms with van der Waals surface area (Å²) in [5.74, 6) is -0.0361. The normalized spacial score (nSPS) is 14.1. The lowest BCUT2D eigenvalue weighted by Crippen LogP contribution is -2.36. The molecule has 1 aromatic rings. The number of hydrogen-bond donors (Lipinski definition) is 2. The smallest absolute Gasteiger partial charge is 0.224 e. The highest BCUT2D eigenvalue weighted by Gasteiger charge is 2.17. The minimum Gasteiger partial charge on any atom is -0.349 e. The summed E-state index contributed by atoms with van der Waals surface area (Å²) in [6.45, 7) is 6.43. The van der Waals surface area contributed by atoms with Crippen molar-refractivity contribution < 1.29 is 4.79 Å². The first kappa shape index (κ1) is 13.7. The Labute approximate surface area is 103 Å². The molecule has 0 heterocycles. The molecule has 2 atom stereocenters. The van der Waals surface area contributed by atoms with Crippen LogP contribution in [0.1, 0.15) is 37.4 Å². The first-order valence-electron chi connectivity index (χ1n) is 6.15. The predicted molar refractivity (Wildman–Crippen MR) is 70.6 cm³/mol. The number of nitrogens with one attached hydrogen (secondary N) is 1. The molecule has 17 heavy (non-hydrogen) atoms. The van der Waals surface area contributed by atoms with Crippen LogP contribution >= 0.6 is 0 Å². The second-order valence-corrected chi connectivity index (χ2v) is 4.48. The van der Waals surface area contributed by atoms with Crippen molar-refractivity contribution in [2.45, 2.75) is 33.2 Å². The van der Waals surface area contributed by atoms with E-state index < -0.39 is 0 Å². The van der Waals surface area contributed by atoms with Gasteiger partial charge in [-0.15, -0.1) is 0 Å². The molecule has 1 amide bonds. The van der Waals surface area contributed by atoms with Crippen molar-refractivity contribution in [1.29, 1.82) is 0 Å². The Hall–Kier alpha value is -1.35. The van der Waals surface area contributed by atoms with Gasteiger partial charge in [0.15, 0.2) is 0 Å². The van der Waals surface area contributed by atoms with Gasteiger partial charge in [0.1, 0.15) is 0 Å². The van der Waals surface area contributed by atoms with Crippen LogP contribution in [0, 0.1) is 12.8 Å². The van der Waals surface area contributed by atoms with E-state index >= 15 is 0 Å². The number of aryl methyl sites for hydroxylation is 1. The summed E-state index contributed by atoms with van der Waals surface area (Å²) in [5.41, 5.74) is 7.90. The molecule has 0 aliphatic heterocycles. The van der Waals surface area contributed by atoms with Crippen LogP contribution in [-0.2, 0) is 4.79 Å². The van der Waals surface area contributed by atoms with Gasteiger partial charge in [-0.1, -0.05) is 36.8 Å². The summed E-state index contributed by atoms with van der Waals surface area (Å²) in [4.78, 5) is 11.9. The van der Waals surface area contributed by atoms with Crippen molar-refractivity contribution in [2.24, 2.45) is 11.7 Å². The van der Waals surface area contributed by atoms with Gasteiger partial charge in [-0.3, -0.25) is 4.79 Å². The molecule has 0 aliphatic carbocycles. The highest BCUT2D eigenvalue weighted by atomic mass is 16.1. The first-order chi connectivity index (χ1) is 8.08. The third kappa shape index (κ3) is 3.86. The van der Waals surface area contributed by atoms with E-state index in [0.29, 0.717) is 6.54 Å². The number of benzene rings is 1. The quantitative estimate of drug-likeness (QED) is 0.820. The first-order valence-corrected chi connectivity index (χ1v) is 6.15. The molecule has 0 saturated carbocycles. The van der Waals surface area contributed by atoms with E-state index in [9.17, 15) is 4.79 Å². The lowest BCUT2D eigenvalue weighted by molar-refractivity contribution is -0.125. The molecule has 1 rings (SSSR count). The molecule has 0 fully saturated rings. The minimum absolute atomic E-state index is 0.0312. The van der Waals surface area contributed by atoms with Crippen LogP contribution in [0.2, 0.25) is 0 Å². The summed E-state index contributed by atoms with van der Waals surface area (Å²) >= 11 is 0. The Kier molecular flexibility index (Phi) is 5.16. The molecule has 0 aromatic heterocycles. The predicted octanol–water partition coefficient (Wildman–Crippen LogP) is 2.16. The van der Waals surface area contributed by atoms with Crippen molar-refractivity contribution in [3.63, 3.8) is 0 Å². The monoisotopic (exact) mass is 234 g/mol. The average molecular weight is 234 g/mol. The van der Waals surface area contributed by atoms with Gasteiger partial charge in [0.2, 0.25) is 5.91 Å². The van der Waals surface area contributed by atoms with Gasteiger partial charge in [-0.2, -0.15) is 0 Å². The van der Waals surface area contributed by atoms with Crippen molar-refractivity contribution in [2.75, 3.05) is 6.54 Å². The van der Waals surface area contributed by atoms with Crippen LogP contribution in [0.5, 0.6) is 0 Å². The largest absolute Gasteiger partial charge is 0.349 e. The SMILES string of the molecule is CCC(CN)C(=O)NC(C)c1ccc(C)cc1. The molecule has 0 saturated heterocycles. The molecule has 94 valence electrons. The number of nitrogens with two attached hydrogens (primary N) is 1. The third-order valence-corrected chi connectivity index (χ3v) is 3.08. The van der Waals surface area contributed by atoms with Gasteiger partial charge in [0.25, 0.3) is 0 Å². The molecular weight excluding hydrogens is 212 g/mol. The summed E-state index contributed by atoms with van der Waals surface area (Å²) in [6, 6.07) is 8.23. The lowest BCUT2D eigenvalue weighted by atomic mass is 10.0. The fraction of sp³-hybridized carbons (Fsp3) is 0.500. The molecule has 2 unspecified atom stereocenters. The number of amides is 1. The van der Waals surface area contributed by atoms with Crippen LogP contribution in [0.3, 0.4) is 0 Å². The van der Waals surface area contributed by atoms with E-state index in [-0.39, 0.29) is 17.9 Å². The zero-order valence-electron chi connectivity index (χ0n) is 10.9. The van der Waals surface area contributed by atoms with Crippen LogP contribution < -0.4 is 11.1 Å². The fourth-order valence-electron chi connectivity index (χ4n) is 1.73. The van der Waals surface area contributed by atoms with Gasteiger partial charge < -0.3 is 11.1 Å². The second-order valence-electron chi connectivity index (χ2n) is 4.48. The van der Waals surface area contributed by atoms with E-state index in [1.54, 1.807) is 0 Å². The minimum atomic E-state index is -0.0806. The van der Waals surface area contributed by atoms with Crippen molar-refractivity contribution >= 4 is 5.91 Å². The highest BCUT2D eigenvalue weighted by Crippen LogP contribution is 2.14. The summed E-state index contributed by atoms with van der Waals surface area (Å²) in [7, 11) is 0. The van der Waals surface area contributed by atoms with Gasteiger partial charge in [-0.25, -0.2) is 0 Å². The van der Waals surface area contributed by atoms with Crippen molar-refractivity contribution in [3.8, 4) is 0 Å². The molecule has 0 bridgehead atoms. The van der Waals surface area contributed by atoms with Gasteiger partial charge in [0, 0.05) is 12.5 Å². The Balaban J connectivity index is 2.62. The Morgan fingerprint density at radius 3 is 2.41 bits per heavy atom. The molecule has 1 aromatic carbocycles. The van der Waals surface area contributed by atoms with Gasteiger partial charge >= 0.3 is 0 Å². The summed E-state index contributed by atoms with van der Waals surface area (Å²) in [5, 5.41) is 3.00. The van der Waals surface area contributed by atoms with Crippen LogP contribution in [0.4, 0.5) is 0 Å². The van der Waals surface area contributed by atoms with Crippen LogP contribution in [0.25, 0.3) is 0 Å². The average Bonchev–Trinajstić information content (AvgIpc) is 2.31. The number of carbonyl (C=O) groups excluding carboxylic acids is 1. The van der Waals surface area contributed by atoms with Crippen molar-refractivity contribution in [3.05, 3.63) is 35.4 Å². The maximum absolute atomic E-state index is 11.9. The fourth-order valence-corrected chi connectivity index (χ4v) is 1.73. The molecular formula is C14H22N2O. The Bertz CT molecular complexity index is 355. The molecule has 0 aliphatic rings. The Morgan fingerprint density at radius 1 is 1.35 bits per heavy atom. The molecule has 0 radical (unpaired) electrons. The molecule has 3 heteroatoms. The maximum Gasteiger partial charge on any atom is 0.224 e. The van der Waals surface area contributed by atoms with Gasteiger partial charge in [-0.05, 0) is 25.8 Å². The third-order valence-electron chi connectivity index (χ3n) is 3.08. The van der Waals surface area contributed by atoms with E-state index in [2.05, 4.69) is 24.4 Å². The topological polar surface area (TPSA) is 55.1 Å². The lowest BCUT2D eigenvalue weighted by Gasteiger charge is -2.18. The Morgan fingerprint density at radius 2 is 1.94 bits per heavy atom. The van der Waals surface area contributed by atoms with E-state index in [1.807, 2.05) is 26.0 Å². The zero-order valence-corrected chi connectivity index (χ0v) is 10.9. The van der Waals surface area contributed by atoms with E-state index in [0.717, 1.165) is 12.0 Å².